The summed E-state index contributed by atoms with van der Waals surface area (Å²) in [5.74, 6) is -1.02. The number of carbonyl (C=O) groups is 3. The number of halogens is 1. The number of amides is 2. The van der Waals surface area contributed by atoms with Gasteiger partial charge < -0.3 is 28.9 Å². The number of hydrogen-bond acceptors (Lipinski definition) is 6. The zero-order valence-corrected chi connectivity index (χ0v) is 25.5. The second kappa shape index (κ2) is 12.8. The van der Waals surface area contributed by atoms with Gasteiger partial charge in [0.15, 0.2) is 5.82 Å². The molecule has 222 valence electrons. The van der Waals surface area contributed by atoms with Crippen molar-refractivity contribution in [2.24, 2.45) is 11.3 Å². The number of para-hydroxylation sites is 1. The topological polar surface area (TPSA) is 114 Å². The number of carbonyl (C=O) groups excluding carboxylic acids is 2. The van der Waals surface area contributed by atoms with Crippen LogP contribution in [0.5, 0.6) is 0 Å². The first-order valence-electron chi connectivity index (χ1n) is 13.8. The van der Waals surface area contributed by atoms with Crippen LogP contribution in [0.2, 0.25) is 5.02 Å². The minimum absolute atomic E-state index is 0.00885. The SMILES string of the molecule is COCCCCn1c(C(=O)N(CC(C)C)[C@@H]2CN(C(=O)OC(C)(C)C)C[C@](C)(C(=O)O)C2)nc2cccc(Cl)c21. The fraction of sp³-hybridized carbons (Fsp3) is 0.655. The summed E-state index contributed by atoms with van der Waals surface area (Å²) in [5, 5.41) is 10.7. The minimum atomic E-state index is -1.26. The Kier molecular flexibility index (Phi) is 10.1. The Labute approximate surface area is 241 Å². The number of aryl methyl sites for hydroxylation is 1. The zero-order chi connectivity index (χ0) is 29.8. The van der Waals surface area contributed by atoms with E-state index in [1.807, 2.05) is 24.5 Å². The van der Waals surface area contributed by atoms with E-state index >= 15 is 0 Å². The van der Waals surface area contributed by atoms with Crippen molar-refractivity contribution in [3.63, 3.8) is 0 Å². The van der Waals surface area contributed by atoms with Crippen molar-refractivity contribution >= 4 is 40.6 Å². The van der Waals surface area contributed by atoms with E-state index in [2.05, 4.69) is 0 Å². The molecule has 3 rings (SSSR count). The van der Waals surface area contributed by atoms with Crippen LogP contribution in [0, 0.1) is 11.3 Å². The van der Waals surface area contributed by atoms with Gasteiger partial charge in [-0.3, -0.25) is 9.59 Å². The number of carboxylic acid groups (broad SMARTS) is 1. The highest BCUT2D eigenvalue weighted by Gasteiger charge is 2.47. The highest BCUT2D eigenvalue weighted by atomic mass is 35.5. The maximum Gasteiger partial charge on any atom is 0.410 e. The number of imidazole rings is 1. The summed E-state index contributed by atoms with van der Waals surface area (Å²) in [4.78, 5) is 47.7. The molecule has 40 heavy (non-hydrogen) atoms. The van der Waals surface area contributed by atoms with E-state index in [0.29, 0.717) is 35.8 Å². The van der Waals surface area contributed by atoms with Gasteiger partial charge in [-0.15, -0.1) is 0 Å². The van der Waals surface area contributed by atoms with Gasteiger partial charge in [0.1, 0.15) is 5.60 Å². The highest BCUT2D eigenvalue weighted by Crippen LogP contribution is 2.35. The molecular weight excluding hydrogens is 536 g/mol. The average Bonchev–Trinajstić information content (AvgIpc) is 3.23. The van der Waals surface area contributed by atoms with Crippen molar-refractivity contribution in [3.05, 3.63) is 29.0 Å². The molecular formula is C29H43ClN4O6. The molecule has 0 radical (unpaired) electrons. The Bertz CT molecular complexity index is 1220. The maximum atomic E-state index is 14.3. The number of carboxylic acids is 1. The van der Waals surface area contributed by atoms with E-state index in [9.17, 15) is 19.5 Å². The van der Waals surface area contributed by atoms with E-state index in [-0.39, 0.29) is 37.2 Å². The summed E-state index contributed by atoms with van der Waals surface area (Å²) < 4.78 is 12.6. The third-order valence-corrected chi connectivity index (χ3v) is 7.28. The van der Waals surface area contributed by atoms with E-state index in [1.165, 1.54) is 4.90 Å². The van der Waals surface area contributed by atoms with Crippen molar-refractivity contribution in [3.8, 4) is 0 Å². The molecule has 0 saturated carbocycles. The lowest BCUT2D eigenvalue weighted by molar-refractivity contribution is -0.152. The summed E-state index contributed by atoms with van der Waals surface area (Å²) in [7, 11) is 1.65. The van der Waals surface area contributed by atoms with Gasteiger partial charge in [-0.25, -0.2) is 9.78 Å². The Hall–Kier alpha value is -2.85. The number of fused-ring (bicyclic) bond motifs is 1. The first-order chi connectivity index (χ1) is 18.7. The van der Waals surface area contributed by atoms with E-state index < -0.39 is 29.1 Å². The predicted octanol–water partition coefficient (Wildman–Crippen LogP) is 5.31. The lowest BCUT2D eigenvalue weighted by atomic mass is 9.79. The number of ether oxygens (including phenoxy) is 2. The maximum absolute atomic E-state index is 14.3. The van der Waals surface area contributed by atoms with E-state index in [4.69, 9.17) is 26.1 Å². The second-order valence-electron chi connectivity index (χ2n) is 12.3. The van der Waals surface area contributed by atoms with Gasteiger partial charge in [0, 0.05) is 39.9 Å². The van der Waals surface area contributed by atoms with Gasteiger partial charge in [0.25, 0.3) is 5.91 Å². The Morgan fingerprint density at radius 2 is 1.95 bits per heavy atom. The Morgan fingerprint density at radius 3 is 2.55 bits per heavy atom. The van der Waals surface area contributed by atoms with Gasteiger partial charge in [-0.2, -0.15) is 0 Å². The molecule has 1 aromatic heterocycles. The van der Waals surface area contributed by atoms with Crippen LogP contribution in [0.15, 0.2) is 18.2 Å². The molecule has 1 fully saturated rings. The third kappa shape index (κ3) is 7.46. The van der Waals surface area contributed by atoms with Gasteiger partial charge in [-0.1, -0.05) is 31.5 Å². The first kappa shape index (κ1) is 31.7. The fourth-order valence-electron chi connectivity index (χ4n) is 5.18. The van der Waals surface area contributed by atoms with Gasteiger partial charge in [0.2, 0.25) is 0 Å². The van der Waals surface area contributed by atoms with Crippen LogP contribution in [-0.4, -0.2) is 87.4 Å². The molecule has 1 aromatic carbocycles. The molecule has 2 amide bonds. The average molecular weight is 579 g/mol. The van der Waals surface area contributed by atoms with E-state index in [0.717, 1.165) is 12.8 Å². The number of likely N-dealkylation sites (tertiary alicyclic amines) is 1. The number of benzene rings is 1. The van der Waals surface area contributed by atoms with Crippen molar-refractivity contribution in [1.82, 2.24) is 19.4 Å². The molecule has 2 aromatic rings. The van der Waals surface area contributed by atoms with Crippen LogP contribution in [-0.2, 0) is 20.8 Å². The van der Waals surface area contributed by atoms with E-state index in [1.54, 1.807) is 51.8 Å². The highest BCUT2D eigenvalue weighted by molar-refractivity contribution is 6.35. The van der Waals surface area contributed by atoms with Crippen molar-refractivity contribution < 1.29 is 29.0 Å². The molecule has 0 aliphatic carbocycles. The van der Waals surface area contributed by atoms with Crippen molar-refractivity contribution in [1.29, 1.82) is 0 Å². The number of aromatic nitrogens is 2. The summed E-state index contributed by atoms with van der Waals surface area (Å²) in [6, 6.07) is 4.83. The zero-order valence-electron chi connectivity index (χ0n) is 24.7. The largest absolute Gasteiger partial charge is 0.481 e. The van der Waals surface area contributed by atoms with Crippen LogP contribution < -0.4 is 0 Å². The fourth-order valence-corrected chi connectivity index (χ4v) is 5.45. The van der Waals surface area contributed by atoms with Crippen LogP contribution in [0.25, 0.3) is 11.0 Å². The summed E-state index contributed by atoms with van der Waals surface area (Å²) in [6.07, 6.45) is 1.14. The Balaban J connectivity index is 2.05. The van der Waals surface area contributed by atoms with Crippen LogP contribution >= 0.6 is 11.6 Å². The number of hydrogen-bond donors (Lipinski definition) is 1. The molecule has 11 heteroatoms. The quantitative estimate of drug-likeness (QED) is 0.380. The van der Waals surface area contributed by atoms with Crippen LogP contribution in [0.3, 0.4) is 0 Å². The number of aliphatic carboxylic acids is 1. The molecule has 1 aliphatic heterocycles. The molecule has 1 saturated heterocycles. The molecule has 10 nitrogen and oxygen atoms in total. The lowest BCUT2D eigenvalue weighted by Gasteiger charge is -2.46. The molecule has 2 atom stereocenters. The number of methoxy groups -OCH3 is 1. The Morgan fingerprint density at radius 1 is 1.25 bits per heavy atom. The summed E-state index contributed by atoms with van der Waals surface area (Å²) in [6.45, 7) is 12.5. The molecule has 1 aliphatic rings. The van der Waals surface area contributed by atoms with Gasteiger partial charge in [-0.05, 0) is 65.0 Å². The standard InChI is InChI=1S/C29H43ClN4O6/c1-19(2)16-34(20-15-29(6,26(36)37)18-32(17-20)27(38)40-28(3,4)5)25(35)24-31-22-12-10-11-21(30)23(22)33(24)13-8-9-14-39-7/h10-12,19-20H,8-9,13-18H2,1-7H3,(H,36,37)/t20-,29+/m0/s1. The summed E-state index contributed by atoms with van der Waals surface area (Å²) >= 11 is 6.58. The van der Waals surface area contributed by atoms with Gasteiger partial charge >= 0.3 is 12.1 Å². The second-order valence-corrected chi connectivity index (χ2v) is 12.7. The molecule has 0 bridgehead atoms. The third-order valence-electron chi connectivity index (χ3n) is 6.98. The van der Waals surface area contributed by atoms with Crippen molar-refractivity contribution in [2.75, 3.05) is 33.4 Å². The normalized spacial score (nSPS) is 19.7. The van der Waals surface area contributed by atoms with Crippen LogP contribution in [0.4, 0.5) is 4.79 Å². The number of piperidine rings is 1. The van der Waals surface area contributed by atoms with Gasteiger partial charge in [0.05, 0.1) is 27.5 Å². The number of unbranched alkanes of at least 4 members (excludes halogenated alkanes) is 1. The molecule has 0 unspecified atom stereocenters. The lowest BCUT2D eigenvalue weighted by Crippen LogP contribution is -2.60. The number of nitrogens with zero attached hydrogens (tertiary/aromatic N) is 4. The van der Waals surface area contributed by atoms with Crippen LogP contribution in [0.1, 0.15) is 71.4 Å². The molecule has 0 spiro atoms. The smallest absolute Gasteiger partial charge is 0.410 e. The molecule has 1 N–H and O–H groups in total. The minimum Gasteiger partial charge on any atom is -0.481 e. The number of rotatable bonds is 10. The monoisotopic (exact) mass is 578 g/mol. The first-order valence-corrected chi connectivity index (χ1v) is 14.2. The van der Waals surface area contributed by atoms with Crippen molar-refractivity contribution in [2.45, 2.75) is 79.0 Å². The molecule has 2 heterocycles. The predicted molar refractivity (Wildman–Crippen MR) is 154 cm³/mol. The summed E-state index contributed by atoms with van der Waals surface area (Å²) in [5.41, 5.74) is -0.714.